The molecule has 0 amide bonds. The maximum Gasteiger partial charge on any atom is 0.187 e. The number of ketones is 1. The van der Waals surface area contributed by atoms with Crippen LogP contribution in [0.5, 0.6) is 0 Å². The summed E-state index contributed by atoms with van der Waals surface area (Å²) in [4.78, 5) is 13.1. The summed E-state index contributed by atoms with van der Waals surface area (Å²) in [6, 6.07) is 0. The van der Waals surface area contributed by atoms with Gasteiger partial charge in [0, 0.05) is 25.2 Å². The number of hydrogen-bond acceptors (Lipinski definition) is 14. The zero-order valence-electron chi connectivity index (χ0n) is 31.4. The first kappa shape index (κ1) is 39.0. The van der Waals surface area contributed by atoms with Crippen LogP contribution >= 0.6 is 0 Å². The van der Waals surface area contributed by atoms with E-state index in [9.17, 15) is 40.5 Å². The second-order valence-corrected chi connectivity index (χ2v) is 18.7. The summed E-state index contributed by atoms with van der Waals surface area (Å²) < 4.78 is 37.7. The molecule has 0 bridgehead atoms. The Morgan fingerprint density at radius 2 is 1.45 bits per heavy atom. The zero-order valence-corrected chi connectivity index (χ0v) is 31.4. The highest BCUT2D eigenvalue weighted by Crippen LogP contribution is 2.71. The van der Waals surface area contributed by atoms with Crippen LogP contribution in [0.15, 0.2) is 0 Å². The molecule has 0 aromatic rings. The highest BCUT2D eigenvalue weighted by atomic mass is 16.7. The van der Waals surface area contributed by atoms with Crippen molar-refractivity contribution in [3.05, 3.63) is 0 Å². The summed E-state index contributed by atoms with van der Waals surface area (Å²) in [5.41, 5.74) is -0.157. The van der Waals surface area contributed by atoms with Crippen molar-refractivity contribution in [2.75, 3.05) is 19.8 Å². The molecule has 22 unspecified atom stereocenters. The number of carbonyl (C=O) groups is 1. The van der Waals surface area contributed by atoms with Crippen LogP contribution in [-0.2, 0) is 33.2 Å². The standard InChI is InChI=1S/C39H62O14/c1-17-5-10-39(48-16-17)18(2)28-25(53-39)13-22-20-12-24(23-11-19(42)6-8-37(23,3)21(20)7-9-38(22,28)4)49-36-33(47)34(30(44)27(15-41)51-36)52-35-32(46)31(45)29(43)26(14-40)50-35/h17-18,20-36,40-41,43-47H,5-16H2,1-4H3. The van der Waals surface area contributed by atoms with E-state index in [1.807, 2.05) is 0 Å². The van der Waals surface area contributed by atoms with Crippen molar-refractivity contribution < 1.29 is 69.0 Å². The summed E-state index contributed by atoms with van der Waals surface area (Å²) in [6.45, 7) is 8.74. The van der Waals surface area contributed by atoms with E-state index in [-0.39, 0.29) is 40.5 Å². The molecule has 8 aliphatic rings. The fourth-order valence-corrected chi connectivity index (χ4v) is 13.1. The van der Waals surface area contributed by atoms with Gasteiger partial charge in [-0.1, -0.05) is 27.7 Å². The predicted molar refractivity (Wildman–Crippen MR) is 183 cm³/mol. The van der Waals surface area contributed by atoms with Crippen molar-refractivity contribution in [2.45, 2.75) is 165 Å². The Labute approximate surface area is 311 Å². The smallest absolute Gasteiger partial charge is 0.187 e. The molecule has 4 saturated heterocycles. The third-order valence-corrected chi connectivity index (χ3v) is 16.0. The molecule has 7 N–H and O–H groups in total. The van der Waals surface area contributed by atoms with Crippen molar-refractivity contribution >= 4 is 5.78 Å². The van der Waals surface area contributed by atoms with Crippen LogP contribution in [0.25, 0.3) is 0 Å². The van der Waals surface area contributed by atoms with Crippen molar-refractivity contribution in [2.24, 2.45) is 52.3 Å². The second-order valence-electron chi connectivity index (χ2n) is 18.7. The fraction of sp³-hybridized carbons (Fsp3) is 0.974. The topological polar surface area (TPSA) is 214 Å². The summed E-state index contributed by atoms with van der Waals surface area (Å²) in [5, 5.41) is 74.0. The Hall–Kier alpha value is -0.850. The second kappa shape index (κ2) is 14.2. The molecule has 8 rings (SSSR count). The van der Waals surface area contributed by atoms with Crippen molar-refractivity contribution in [1.82, 2.24) is 0 Å². The number of hydrogen-bond donors (Lipinski definition) is 7. The Bertz CT molecular complexity index is 1340. The van der Waals surface area contributed by atoms with Crippen molar-refractivity contribution in [1.29, 1.82) is 0 Å². The first-order valence-electron chi connectivity index (χ1n) is 20.2. The van der Waals surface area contributed by atoms with Crippen LogP contribution in [0.2, 0.25) is 0 Å². The van der Waals surface area contributed by atoms with Gasteiger partial charge in [0.15, 0.2) is 18.4 Å². The molecule has 4 aliphatic heterocycles. The van der Waals surface area contributed by atoms with Crippen LogP contribution < -0.4 is 0 Å². The van der Waals surface area contributed by atoms with Crippen LogP contribution in [0.3, 0.4) is 0 Å². The van der Waals surface area contributed by atoms with Gasteiger partial charge in [-0.3, -0.25) is 4.79 Å². The lowest BCUT2D eigenvalue weighted by molar-refractivity contribution is -0.368. The molecule has 22 atom stereocenters. The van der Waals surface area contributed by atoms with Gasteiger partial charge >= 0.3 is 0 Å². The number of ether oxygens (including phenoxy) is 6. The Balaban J connectivity index is 1.05. The zero-order chi connectivity index (χ0) is 37.8. The highest BCUT2D eigenvalue weighted by Gasteiger charge is 2.70. The molecule has 0 aromatic heterocycles. The summed E-state index contributed by atoms with van der Waals surface area (Å²) in [6.07, 6.45) is -8.33. The average Bonchev–Trinajstić information content (AvgIpc) is 3.58. The molecule has 4 heterocycles. The van der Waals surface area contributed by atoms with Crippen molar-refractivity contribution in [3.8, 4) is 0 Å². The third kappa shape index (κ3) is 6.12. The molecule has 0 aromatic carbocycles. The van der Waals surface area contributed by atoms with Gasteiger partial charge < -0.3 is 64.2 Å². The fourth-order valence-electron chi connectivity index (χ4n) is 13.1. The molecule has 4 saturated carbocycles. The van der Waals surface area contributed by atoms with Crippen LogP contribution in [-0.4, -0.2) is 141 Å². The molecule has 1 spiro atoms. The monoisotopic (exact) mass is 754 g/mol. The number of carbonyl (C=O) groups excluding carboxylic acids is 1. The molecule has 0 radical (unpaired) electrons. The van der Waals surface area contributed by atoms with Gasteiger partial charge in [-0.25, -0.2) is 0 Å². The van der Waals surface area contributed by atoms with Gasteiger partial charge in [-0.15, -0.1) is 0 Å². The Kier molecular flexibility index (Phi) is 10.5. The minimum absolute atomic E-state index is 0.0384. The molecule has 302 valence electrons. The SMILES string of the molecule is CC1CCC2(OC1)OC1CC3C4CC(OC5OC(CO)C(O)C(OC6OC(CO)C(O)C(O)C6O)C5O)C5CC(=O)CCC5(C)C4CCC3(C)C1C2C. The van der Waals surface area contributed by atoms with Gasteiger partial charge in [0.05, 0.1) is 32.0 Å². The lowest BCUT2D eigenvalue weighted by Crippen LogP contribution is -2.65. The Morgan fingerprint density at radius 1 is 0.755 bits per heavy atom. The van der Waals surface area contributed by atoms with Crippen LogP contribution in [0.4, 0.5) is 0 Å². The molecule has 14 heteroatoms. The quantitative estimate of drug-likeness (QED) is 0.185. The molecular weight excluding hydrogens is 692 g/mol. The third-order valence-electron chi connectivity index (χ3n) is 16.0. The normalized spacial score (nSPS) is 58.2. The van der Waals surface area contributed by atoms with E-state index in [2.05, 4.69) is 27.7 Å². The van der Waals surface area contributed by atoms with E-state index in [4.69, 9.17) is 28.4 Å². The lowest BCUT2D eigenvalue weighted by atomic mass is 9.43. The molecule has 14 nitrogen and oxygen atoms in total. The van der Waals surface area contributed by atoms with Gasteiger partial charge in [-0.2, -0.15) is 0 Å². The highest BCUT2D eigenvalue weighted by molar-refractivity contribution is 5.79. The number of rotatable bonds is 6. The summed E-state index contributed by atoms with van der Waals surface area (Å²) in [7, 11) is 0. The van der Waals surface area contributed by atoms with E-state index in [0.29, 0.717) is 42.9 Å². The van der Waals surface area contributed by atoms with Crippen molar-refractivity contribution in [3.63, 3.8) is 0 Å². The Morgan fingerprint density at radius 3 is 2.13 bits per heavy atom. The molecule has 53 heavy (non-hydrogen) atoms. The van der Waals surface area contributed by atoms with E-state index in [0.717, 1.165) is 45.1 Å². The van der Waals surface area contributed by atoms with Gasteiger partial charge in [-0.05, 0) is 84.9 Å². The predicted octanol–water partition coefficient (Wildman–Crippen LogP) is 0.621. The molecular formula is C39H62O14. The van der Waals surface area contributed by atoms with Gasteiger partial charge in [0.25, 0.3) is 0 Å². The minimum atomic E-state index is -1.77. The number of fused-ring (bicyclic) bond motifs is 7. The minimum Gasteiger partial charge on any atom is -0.394 e. The molecule has 4 aliphatic carbocycles. The maximum atomic E-state index is 13.1. The largest absolute Gasteiger partial charge is 0.394 e. The van der Waals surface area contributed by atoms with Gasteiger partial charge in [0.2, 0.25) is 0 Å². The maximum absolute atomic E-state index is 13.1. The number of Topliss-reactive ketones (excluding diaryl/α,β-unsaturated/α-hetero) is 1. The molecule has 8 fully saturated rings. The van der Waals surface area contributed by atoms with E-state index < -0.39 is 86.5 Å². The average molecular weight is 755 g/mol. The van der Waals surface area contributed by atoms with Gasteiger partial charge in [0.1, 0.15) is 54.6 Å². The van der Waals surface area contributed by atoms with E-state index in [1.54, 1.807) is 0 Å². The first-order valence-corrected chi connectivity index (χ1v) is 20.2. The van der Waals surface area contributed by atoms with Crippen LogP contribution in [0.1, 0.15) is 85.5 Å². The summed E-state index contributed by atoms with van der Waals surface area (Å²) in [5.74, 6) is 1.74. The number of aliphatic hydroxyl groups excluding tert-OH is 7. The van der Waals surface area contributed by atoms with Crippen LogP contribution in [0, 0.1) is 52.3 Å². The number of aliphatic hydroxyl groups is 7. The van der Waals surface area contributed by atoms with E-state index in [1.165, 1.54) is 0 Å². The van der Waals surface area contributed by atoms with E-state index >= 15 is 0 Å². The first-order chi connectivity index (χ1) is 25.2. The summed E-state index contributed by atoms with van der Waals surface area (Å²) >= 11 is 0. The lowest BCUT2D eigenvalue weighted by Gasteiger charge is -2.62.